The van der Waals surface area contributed by atoms with Crippen LogP contribution in [0.3, 0.4) is 0 Å². The molecule has 3 heterocycles. The van der Waals surface area contributed by atoms with Crippen LogP contribution in [0.5, 0.6) is 0 Å². The van der Waals surface area contributed by atoms with Crippen molar-refractivity contribution in [2.45, 2.75) is 0 Å². The molecule has 0 radical (unpaired) electrons. The highest BCUT2D eigenvalue weighted by Gasteiger charge is 2.19. The molecule has 0 aliphatic carbocycles. The van der Waals surface area contributed by atoms with Crippen molar-refractivity contribution in [3.63, 3.8) is 0 Å². The first kappa shape index (κ1) is 28.7. The van der Waals surface area contributed by atoms with Gasteiger partial charge in [-0.05, 0) is 64.7 Å². The maximum Gasteiger partial charge on any atom is 0.0715 e. The third kappa shape index (κ3) is 4.67. The quantitative estimate of drug-likeness (QED) is 0.181. The second-order valence-corrected chi connectivity index (χ2v) is 13.8. The van der Waals surface area contributed by atoms with Crippen LogP contribution in [0.15, 0.2) is 182 Å². The minimum Gasteiger partial charge on any atom is -0.309 e. The first-order valence-corrected chi connectivity index (χ1v) is 17.8. The van der Waals surface area contributed by atoms with Gasteiger partial charge in [-0.1, -0.05) is 140 Å². The molecule has 0 aliphatic rings. The van der Waals surface area contributed by atoms with Crippen LogP contribution in [-0.2, 0) is 0 Å². The molecule has 0 saturated carbocycles. The summed E-state index contributed by atoms with van der Waals surface area (Å²) in [5, 5.41) is 5.17. The van der Waals surface area contributed by atoms with E-state index in [4.69, 9.17) is 4.98 Å². The van der Waals surface area contributed by atoms with Crippen LogP contribution in [0.2, 0.25) is 0 Å². The number of fused-ring (bicyclic) bond motifs is 7. The van der Waals surface area contributed by atoms with Gasteiger partial charge >= 0.3 is 0 Å². The topological polar surface area (TPSA) is 17.8 Å². The molecule has 3 heteroatoms. The van der Waals surface area contributed by atoms with Crippen LogP contribution in [0, 0.1) is 0 Å². The number of aromatic nitrogens is 2. The number of nitrogens with zero attached hydrogens (tertiary/aromatic N) is 2. The Bertz CT molecular complexity index is 2850. The summed E-state index contributed by atoms with van der Waals surface area (Å²) in [6, 6.07) is 65.3. The zero-order chi connectivity index (χ0) is 33.0. The Morgan fingerprint density at radius 3 is 1.78 bits per heavy atom. The molecule has 0 N–H and O–H groups in total. The van der Waals surface area contributed by atoms with Crippen molar-refractivity contribution in [3.8, 4) is 50.5 Å². The van der Waals surface area contributed by atoms with Gasteiger partial charge in [-0.15, -0.1) is 11.3 Å². The minimum absolute atomic E-state index is 0.963. The van der Waals surface area contributed by atoms with Crippen molar-refractivity contribution in [2.24, 2.45) is 0 Å². The van der Waals surface area contributed by atoms with Crippen LogP contribution in [-0.4, -0.2) is 9.55 Å². The summed E-state index contributed by atoms with van der Waals surface area (Å²) in [4.78, 5) is 5.26. The summed E-state index contributed by atoms with van der Waals surface area (Å²) in [5.41, 5.74) is 12.5. The van der Waals surface area contributed by atoms with E-state index in [-0.39, 0.29) is 0 Å². The average molecular weight is 655 g/mol. The Kier molecular flexibility index (Phi) is 6.71. The van der Waals surface area contributed by atoms with E-state index in [0.29, 0.717) is 0 Å². The third-order valence-corrected chi connectivity index (χ3v) is 11.1. The van der Waals surface area contributed by atoms with Crippen LogP contribution < -0.4 is 0 Å². The number of hydrogen-bond acceptors (Lipinski definition) is 2. The molecule has 10 rings (SSSR count). The fourth-order valence-electron chi connectivity index (χ4n) is 7.47. The maximum absolute atomic E-state index is 5.26. The van der Waals surface area contributed by atoms with Gasteiger partial charge in [0.2, 0.25) is 0 Å². The number of thiophene rings is 1. The Morgan fingerprint density at radius 1 is 0.380 bits per heavy atom. The monoisotopic (exact) mass is 654 g/mol. The zero-order valence-corrected chi connectivity index (χ0v) is 27.9. The van der Waals surface area contributed by atoms with Crippen molar-refractivity contribution in [1.29, 1.82) is 0 Å². The second kappa shape index (κ2) is 11.7. The number of pyridine rings is 1. The van der Waals surface area contributed by atoms with Gasteiger partial charge in [0.25, 0.3) is 0 Å². The van der Waals surface area contributed by atoms with Crippen LogP contribution in [0.25, 0.3) is 92.4 Å². The van der Waals surface area contributed by atoms with E-state index in [1.807, 2.05) is 11.3 Å². The minimum atomic E-state index is 0.963. The van der Waals surface area contributed by atoms with Gasteiger partial charge in [-0.2, -0.15) is 0 Å². The molecular weight excluding hydrogens is 625 g/mol. The molecule has 0 amide bonds. The summed E-state index contributed by atoms with van der Waals surface area (Å²) >= 11 is 1.91. The normalized spacial score (nSPS) is 11.6. The zero-order valence-electron chi connectivity index (χ0n) is 27.1. The SMILES string of the molecule is c1ccc(-c2cccc(-c3cc(-c4cccc5c4sc4c5ccc5c4c4ccccc4n5-c4ccccc4)cc(-c4ccccc4)n3)c2)cc1. The highest BCUT2D eigenvalue weighted by molar-refractivity contribution is 7.27. The van der Waals surface area contributed by atoms with Crippen molar-refractivity contribution < 1.29 is 0 Å². The van der Waals surface area contributed by atoms with E-state index < -0.39 is 0 Å². The van der Waals surface area contributed by atoms with Gasteiger partial charge in [0.15, 0.2) is 0 Å². The fraction of sp³-hybridized carbons (Fsp3) is 0. The van der Waals surface area contributed by atoms with Gasteiger partial charge in [0.1, 0.15) is 0 Å². The maximum atomic E-state index is 5.26. The lowest BCUT2D eigenvalue weighted by atomic mass is 9.97. The summed E-state index contributed by atoms with van der Waals surface area (Å²) < 4.78 is 5.02. The lowest BCUT2D eigenvalue weighted by molar-refractivity contribution is 1.18. The van der Waals surface area contributed by atoms with E-state index in [0.717, 1.165) is 22.5 Å². The summed E-state index contributed by atoms with van der Waals surface area (Å²) in [5.74, 6) is 0. The standard InChI is InChI=1S/C47H30N2S/c1-4-14-31(15-5-1)33-18-12-19-34(28-33)42-30-35(29-41(48-42)32-16-6-2-7-17-32)37-23-13-24-38-39-26-27-44-45(47(39)50-46(37)38)40-22-10-11-25-43(40)49(44)36-20-8-3-9-21-36/h1-30H. The van der Waals surface area contributed by atoms with Crippen molar-refractivity contribution in [1.82, 2.24) is 9.55 Å². The smallest absolute Gasteiger partial charge is 0.0715 e. The van der Waals surface area contributed by atoms with Gasteiger partial charge in [-0.3, -0.25) is 0 Å². The van der Waals surface area contributed by atoms with Crippen LogP contribution in [0.4, 0.5) is 0 Å². The summed E-state index contributed by atoms with van der Waals surface area (Å²) in [7, 11) is 0. The highest BCUT2D eigenvalue weighted by atomic mass is 32.1. The Labute approximate surface area is 294 Å². The van der Waals surface area contributed by atoms with E-state index in [2.05, 4.69) is 187 Å². The molecule has 0 unspecified atom stereocenters. The van der Waals surface area contributed by atoms with E-state index in [9.17, 15) is 0 Å². The Morgan fingerprint density at radius 2 is 0.980 bits per heavy atom. The lowest BCUT2D eigenvalue weighted by Gasteiger charge is -2.12. The van der Waals surface area contributed by atoms with Crippen molar-refractivity contribution in [3.05, 3.63) is 182 Å². The lowest BCUT2D eigenvalue weighted by Crippen LogP contribution is -1.92. The van der Waals surface area contributed by atoms with Gasteiger partial charge in [0, 0.05) is 47.8 Å². The Hall–Kier alpha value is -6.29. The molecule has 10 aromatic rings. The van der Waals surface area contributed by atoms with E-state index in [1.54, 1.807) is 0 Å². The van der Waals surface area contributed by atoms with Gasteiger partial charge in [0.05, 0.1) is 22.4 Å². The van der Waals surface area contributed by atoms with Crippen molar-refractivity contribution in [2.75, 3.05) is 0 Å². The Balaban J connectivity index is 1.22. The number of hydrogen-bond donors (Lipinski definition) is 0. The van der Waals surface area contributed by atoms with Gasteiger partial charge < -0.3 is 4.57 Å². The number of rotatable bonds is 5. The van der Waals surface area contributed by atoms with Crippen molar-refractivity contribution >= 4 is 53.3 Å². The van der Waals surface area contributed by atoms with E-state index in [1.165, 1.54) is 69.9 Å². The molecule has 0 aliphatic heterocycles. The molecule has 234 valence electrons. The molecule has 3 aromatic heterocycles. The molecule has 0 bridgehead atoms. The van der Waals surface area contributed by atoms with E-state index >= 15 is 0 Å². The first-order chi connectivity index (χ1) is 24.8. The molecule has 0 spiro atoms. The molecule has 0 atom stereocenters. The molecule has 7 aromatic carbocycles. The highest BCUT2D eigenvalue weighted by Crippen LogP contribution is 2.46. The van der Waals surface area contributed by atoms with Crippen LogP contribution >= 0.6 is 11.3 Å². The largest absolute Gasteiger partial charge is 0.309 e. The summed E-state index contributed by atoms with van der Waals surface area (Å²) in [6.45, 7) is 0. The van der Waals surface area contributed by atoms with Crippen LogP contribution in [0.1, 0.15) is 0 Å². The fourth-order valence-corrected chi connectivity index (χ4v) is 8.86. The third-order valence-electron chi connectivity index (χ3n) is 9.79. The first-order valence-electron chi connectivity index (χ1n) is 17.0. The molecule has 0 saturated heterocycles. The molecular formula is C47H30N2S. The summed E-state index contributed by atoms with van der Waals surface area (Å²) in [6.07, 6.45) is 0. The van der Waals surface area contributed by atoms with Gasteiger partial charge in [-0.25, -0.2) is 4.98 Å². The average Bonchev–Trinajstić information content (AvgIpc) is 3.75. The molecule has 0 fully saturated rings. The molecule has 50 heavy (non-hydrogen) atoms. The number of benzene rings is 7. The predicted octanol–water partition coefficient (Wildman–Crippen LogP) is 13.2. The molecule has 2 nitrogen and oxygen atoms in total. The predicted molar refractivity (Wildman–Crippen MR) is 213 cm³/mol. The second-order valence-electron chi connectivity index (χ2n) is 12.7. The number of para-hydroxylation sites is 2.